The fourth-order valence-corrected chi connectivity index (χ4v) is 4.26. The Kier molecular flexibility index (Phi) is 10.8. The molecule has 8 heteroatoms. The summed E-state index contributed by atoms with van der Waals surface area (Å²) in [5.74, 6) is 1.28. The average molecular weight is 534 g/mol. The lowest BCUT2D eigenvalue weighted by Gasteiger charge is -2.32. The Balaban J connectivity index is 0.00000320. The van der Waals surface area contributed by atoms with E-state index < -0.39 is 0 Å². The van der Waals surface area contributed by atoms with Crippen LogP contribution < -0.4 is 10.6 Å². The van der Waals surface area contributed by atoms with Crippen LogP contribution in [0, 0.1) is 17.2 Å². The third kappa shape index (κ3) is 7.32. The molecule has 3 rings (SSSR count). The molecule has 1 unspecified atom stereocenters. The first-order chi connectivity index (χ1) is 14.1. The van der Waals surface area contributed by atoms with Crippen molar-refractivity contribution in [3.8, 4) is 0 Å². The summed E-state index contributed by atoms with van der Waals surface area (Å²) in [6.45, 7) is 5.95. The van der Waals surface area contributed by atoms with E-state index in [4.69, 9.17) is 4.74 Å². The van der Waals surface area contributed by atoms with Crippen LogP contribution in [0.2, 0.25) is 0 Å². The molecule has 0 spiro atoms. The van der Waals surface area contributed by atoms with Crippen LogP contribution in [0.15, 0.2) is 29.3 Å². The Hall–Kier alpha value is -0.970. The minimum atomic E-state index is -0.113. The number of piperidine rings is 1. The highest BCUT2D eigenvalue weighted by Crippen LogP contribution is 2.31. The van der Waals surface area contributed by atoms with Crippen molar-refractivity contribution in [1.82, 2.24) is 15.5 Å². The molecule has 2 heterocycles. The standard InChI is InChI=1S/C22H35FN4O2.HI/c1-24-21(26-16-22(8-12-28)9-13-29-17-22)25-14-18-6-10-27(11-7-18)15-19-4-2-3-5-20(19)23;/h2-5,18,28H,6-17H2,1H3,(H2,24,25,26);1H. The number of nitrogens with zero attached hydrogens (tertiary/aromatic N) is 2. The number of aliphatic hydroxyl groups is 1. The van der Waals surface area contributed by atoms with E-state index >= 15 is 0 Å². The SMILES string of the molecule is CN=C(NCC1CCN(Cc2ccccc2F)CC1)NCC1(CCO)CCOC1.I. The average Bonchev–Trinajstić information content (AvgIpc) is 3.20. The van der Waals surface area contributed by atoms with Crippen molar-refractivity contribution < 1.29 is 14.2 Å². The number of benzene rings is 1. The zero-order valence-electron chi connectivity index (χ0n) is 17.9. The molecule has 0 saturated carbocycles. The van der Waals surface area contributed by atoms with Crippen LogP contribution in [-0.4, -0.2) is 69.0 Å². The van der Waals surface area contributed by atoms with Crippen molar-refractivity contribution in [2.24, 2.45) is 16.3 Å². The molecule has 0 radical (unpaired) electrons. The number of hydrogen-bond donors (Lipinski definition) is 3. The first-order valence-corrected chi connectivity index (χ1v) is 10.7. The molecule has 0 aromatic heterocycles. The molecule has 1 aromatic carbocycles. The number of rotatable bonds is 8. The molecule has 0 aliphatic carbocycles. The first-order valence-electron chi connectivity index (χ1n) is 10.7. The Morgan fingerprint density at radius 2 is 2.07 bits per heavy atom. The Bertz CT molecular complexity index is 662. The number of ether oxygens (including phenoxy) is 1. The van der Waals surface area contributed by atoms with Crippen molar-refractivity contribution in [2.75, 3.05) is 53.0 Å². The van der Waals surface area contributed by atoms with Crippen molar-refractivity contribution in [1.29, 1.82) is 0 Å². The minimum Gasteiger partial charge on any atom is -0.396 e. The quantitative estimate of drug-likeness (QED) is 0.272. The molecular formula is C22H36FIN4O2. The number of aliphatic hydroxyl groups excluding tert-OH is 1. The van der Waals surface area contributed by atoms with Crippen molar-refractivity contribution in [3.63, 3.8) is 0 Å². The third-order valence-electron chi connectivity index (χ3n) is 6.30. The molecule has 2 aliphatic rings. The predicted molar refractivity (Wildman–Crippen MR) is 129 cm³/mol. The van der Waals surface area contributed by atoms with Gasteiger partial charge in [0.25, 0.3) is 0 Å². The molecule has 3 N–H and O–H groups in total. The van der Waals surface area contributed by atoms with Gasteiger partial charge in [-0.15, -0.1) is 24.0 Å². The molecular weight excluding hydrogens is 498 g/mol. The lowest BCUT2D eigenvalue weighted by molar-refractivity contribution is 0.127. The molecule has 170 valence electrons. The molecule has 1 aromatic rings. The zero-order valence-corrected chi connectivity index (χ0v) is 20.2. The summed E-state index contributed by atoms with van der Waals surface area (Å²) in [6.07, 6.45) is 3.91. The van der Waals surface area contributed by atoms with Gasteiger partial charge in [0.1, 0.15) is 5.82 Å². The van der Waals surface area contributed by atoms with E-state index in [0.29, 0.717) is 19.1 Å². The van der Waals surface area contributed by atoms with E-state index in [1.165, 1.54) is 6.07 Å². The van der Waals surface area contributed by atoms with Crippen LogP contribution in [0.5, 0.6) is 0 Å². The highest BCUT2D eigenvalue weighted by Gasteiger charge is 2.34. The van der Waals surface area contributed by atoms with Crippen molar-refractivity contribution >= 4 is 29.9 Å². The van der Waals surface area contributed by atoms with Gasteiger partial charge in [0.2, 0.25) is 0 Å². The van der Waals surface area contributed by atoms with Gasteiger partial charge in [0.05, 0.1) is 6.61 Å². The fraction of sp³-hybridized carbons (Fsp3) is 0.682. The summed E-state index contributed by atoms with van der Waals surface area (Å²) in [5.41, 5.74) is 0.783. The Labute approximate surface area is 196 Å². The maximum absolute atomic E-state index is 13.9. The van der Waals surface area contributed by atoms with E-state index in [2.05, 4.69) is 20.5 Å². The van der Waals surface area contributed by atoms with Crippen LogP contribution in [0.4, 0.5) is 4.39 Å². The van der Waals surface area contributed by atoms with E-state index in [0.717, 1.165) is 70.0 Å². The maximum Gasteiger partial charge on any atom is 0.191 e. The van der Waals surface area contributed by atoms with E-state index in [1.54, 1.807) is 13.1 Å². The molecule has 6 nitrogen and oxygen atoms in total. The number of likely N-dealkylation sites (tertiary alicyclic amines) is 1. The molecule has 1 atom stereocenters. The lowest BCUT2D eigenvalue weighted by Crippen LogP contribution is -2.46. The van der Waals surface area contributed by atoms with E-state index in [-0.39, 0.29) is 41.8 Å². The van der Waals surface area contributed by atoms with Crippen LogP contribution >= 0.6 is 24.0 Å². The summed E-state index contributed by atoms with van der Waals surface area (Å²) in [4.78, 5) is 6.68. The van der Waals surface area contributed by atoms with Crippen LogP contribution in [0.1, 0.15) is 31.2 Å². The normalized spacial score (nSPS) is 23.2. The summed E-state index contributed by atoms with van der Waals surface area (Å²) >= 11 is 0. The molecule has 30 heavy (non-hydrogen) atoms. The van der Waals surface area contributed by atoms with Crippen LogP contribution in [0.3, 0.4) is 0 Å². The van der Waals surface area contributed by atoms with E-state index in [1.807, 2.05) is 12.1 Å². The number of aliphatic imine (C=N–C) groups is 1. The second kappa shape index (κ2) is 12.8. The number of guanidine groups is 1. The molecule has 0 bridgehead atoms. The van der Waals surface area contributed by atoms with Gasteiger partial charge < -0.3 is 20.5 Å². The van der Waals surface area contributed by atoms with Gasteiger partial charge in [-0.05, 0) is 50.8 Å². The Morgan fingerprint density at radius 3 is 2.70 bits per heavy atom. The Morgan fingerprint density at radius 1 is 1.30 bits per heavy atom. The molecule has 2 saturated heterocycles. The van der Waals surface area contributed by atoms with Crippen LogP contribution in [0.25, 0.3) is 0 Å². The smallest absolute Gasteiger partial charge is 0.191 e. The maximum atomic E-state index is 13.9. The van der Waals surface area contributed by atoms with Gasteiger partial charge in [0.15, 0.2) is 5.96 Å². The van der Waals surface area contributed by atoms with Gasteiger partial charge in [-0.2, -0.15) is 0 Å². The van der Waals surface area contributed by atoms with Gasteiger partial charge in [-0.25, -0.2) is 4.39 Å². The second-order valence-corrected chi connectivity index (χ2v) is 8.39. The van der Waals surface area contributed by atoms with Gasteiger partial charge in [-0.1, -0.05) is 18.2 Å². The highest BCUT2D eigenvalue weighted by molar-refractivity contribution is 14.0. The zero-order chi connectivity index (χ0) is 20.5. The monoisotopic (exact) mass is 534 g/mol. The highest BCUT2D eigenvalue weighted by atomic mass is 127. The number of nitrogens with one attached hydrogen (secondary N) is 2. The van der Waals surface area contributed by atoms with E-state index in [9.17, 15) is 9.50 Å². The summed E-state index contributed by atoms with van der Waals surface area (Å²) < 4.78 is 19.4. The molecule has 0 amide bonds. The van der Waals surface area contributed by atoms with Crippen molar-refractivity contribution in [3.05, 3.63) is 35.6 Å². The third-order valence-corrected chi connectivity index (χ3v) is 6.30. The summed E-state index contributed by atoms with van der Waals surface area (Å²) in [7, 11) is 1.79. The second-order valence-electron chi connectivity index (χ2n) is 8.39. The summed E-state index contributed by atoms with van der Waals surface area (Å²) in [6, 6.07) is 7.05. The fourth-order valence-electron chi connectivity index (χ4n) is 4.26. The molecule has 2 fully saturated rings. The van der Waals surface area contributed by atoms with Crippen molar-refractivity contribution in [2.45, 2.75) is 32.2 Å². The minimum absolute atomic E-state index is 0. The summed E-state index contributed by atoms with van der Waals surface area (Å²) in [5, 5.41) is 16.2. The van der Waals surface area contributed by atoms with Gasteiger partial charge >= 0.3 is 0 Å². The van der Waals surface area contributed by atoms with Gasteiger partial charge in [0, 0.05) is 50.9 Å². The number of halogens is 2. The van der Waals surface area contributed by atoms with Crippen LogP contribution in [-0.2, 0) is 11.3 Å². The topological polar surface area (TPSA) is 69.1 Å². The van der Waals surface area contributed by atoms with Gasteiger partial charge in [-0.3, -0.25) is 9.89 Å². The lowest BCUT2D eigenvalue weighted by atomic mass is 9.84. The predicted octanol–water partition coefficient (Wildman–Crippen LogP) is 2.61. The molecule has 2 aliphatic heterocycles. The first kappa shape index (κ1) is 25.3. The number of hydrogen-bond acceptors (Lipinski definition) is 4. The largest absolute Gasteiger partial charge is 0.396 e.